The number of para-hydroxylation sites is 2. The Morgan fingerprint density at radius 3 is 2.56 bits per heavy atom. The first-order chi connectivity index (χ1) is 12.1. The van der Waals surface area contributed by atoms with Gasteiger partial charge in [0.15, 0.2) is 0 Å². The standard InChI is InChI=1S/C19H17NO5/c1-24-17-5-3-2-4-16(17)20-11-14(10-18(20)22)19(23)25-15-8-6-13(12-21)7-9-15/h2-9,12,14H,10-11H2,1H3/t14-/m0/s1. The Morgan fingerprint density at radius 1 is 1.16 bits per heavy atom. The van der Waals surface area contributed by atoms with Crippen LogP contribution in [0.2, 0.25) is 0 Å². The maximum absolute atomic E-state index is 12.3. The first kappa shape index (κ1) is 16.7. The van der Waals surface area contributed by atoms with Gasteiger partial charge in [0.05, 0.1) is 18.7 Å². The summed E-state index contributed by atoms with van der Waals surface area (Å²) in [6.07, 6.45) is 0.801. The number of anilines is 1. The number of esters is 1. The Balaban J connectivity index is 1.71. The minimum atomic E-state index is -0.553. The van der Waals surface area contributed by atoms with Crippen LogP contribution < -0.4 is 14.4 Å². The number of hydrogen-bond acceptors (Lipinski definition) is 5. The van der Waals surface area contributed by atoms with Crippen LogP contribution in [0.3, 0.4) is 0 Å². The van der Waals surface area contributed by atoms with E-state index in [2.05, 4.69) is 0 Å². The number of rotatable bonds is 5. The maximum atomic E-state index is 12.3. The number of carbonyl (C=O) groups is 3. The van der Waals surface area contributed by atoms with Crippen LogP contribution in [0.4, 0.5) is 5.69 Å². The van der Waals surface area contributed by atoms with Gasteiger partial charge in [-0.15, -0.1) is 0 Å². The molecule has 0 spiro atoms. The van der Waals surface area contributed by atoms with Crippen molar-refractivity contribution in [2.45, 2.75) is 6.42 Å². The van der Waals surface area contributed by atoms with Gasteiger partial charge in [0.2, 0.25) is 5.91 Å². The molecule has 0 saturated carbocycles. The van der Waals surface area contributed by atoms with E-state index in [1.807, 2.05) is 12.1 Å². The van der Waals surface area contributed by atoms with Crippen molar-refractivity contribution < 1.29 is 23.9 Å². The average Bonchev–Trinajstić information content (AvgIpc) is 3.04. The summed E-state index contributed by atoms with van der Waals surface area (Å²) in [5, 5.41) is 0. The predicted molar refractivity (Wildman–Crippen MR) is 90.9 cm³/mol. The zero-order valence-corrected chi connectivity index (χ0v) is 13.7. The highest BCUT2D eigenvalue weighted by Gasteiger charge is 2.37. The third-order valence-electron chi connectivity index (χ3n) is 4.07. The number of ether oxygens (including phenoxy) is 2. The number of methoxy groups -OCH3 is 1. The monoisotopic (exact) mass is 339 g/mol. The molecule has 1 aliphatic rings. The molecule has 1 aliphatic heterocycles. The highest BCUT2D eigenvalue weighted by atomic mass is 16.5. The molecular formula is C19H17NO5. The summed E-state index contributed by atoms with van der Waals surface area (Å²) in [5.41, 5.74) is 1.14. The van der Waals surface area contributed by atoms with Crippen LogP contribution >= 0.6 is 0 Å². The fraction of sp³-hybridized carbons (Fsp3) is 0.211. The van der Waals surface area contributed by atoms with Crippen molar-refractivity contribution in [1.82, 2.24) is 0 Å². The summed E-state index contributed by atoms with van der Waals surface area (Å²) in [6.45, 7) is 0.241. The Labute approximate surface area is 145 Å². The van der Waals surface area contributed by atoms with Crippen molar-refractivity contribution in [3.63, 3.8) is 0 Å². The van der Waals surface area contributed by atoms with Gasteiger partial charge < -0.3 is 14.4 Å². The molecular weight excluding hydrogens is 322 g/mol. The van der Waals surface area contributed by atoms with Crippen LogP contribution in [0, 0.1) is 5.92 Å². The lowest BCUT2D eigenvalue weighted by Crippen LogP contribution is -2.27. The number of carbonyl (C=O) groups excluding carboxylic acids is 3. The molecule has 2 aromatic rings. The number of nitrogens with zero attached hydrogens (tertiary/aromatic N) is 1. The van der Waals surface area contributed by atoms with Crippen LogP contribution in [-0.2, 0) is 9.59 Å². The molecule has 1 amide bonds. The fourth-order valence-corrected chi connectivity index (χ4v) is 2.76. The second-order valence-corrected chi connectivity index (χ2v) is 5.69. The fourth-order valence-electron chi connectivity index (χ4n) is 2.76. The summed E-state index contributed by atoms with van der Waals surface area (Å²) < 4.78 is 10.6. The van der Waals surface area contributed by atoms with Crippen LogP contribution in [-0.4, -0.2) is 31.8 Å². The van der Waals surface area contributed by atoms with Crippen molar-refractivity contribution in [2.24, 2.45) is 5.92 Å². The molecule has 128 valence electrons. The Hall–Kier alpha value is -3.15. The zero-order valence-electron chi connectivity index (χ0n) is 13.7. The third-order valence-corrected chi connectivity index (χ3v) is 4.07. The molecule has 1 saturated heterocycles. The summed E-state index contributed by atoms with van der Waals surface area (Å²) in [7, 11) is 1.54. The van der Waals surface area contributed by atoms with E-state index in [1.54, 1.807) is 41.3 Å². The van der Waals surface area contributed by atoms with Crippen molar-refractivity contribution in [3.8, 4) is 11.5 Å². The van der Waals surface area contributed by atoms with E-state index in [1.165, 1.54) is 7.11 Å². The molecule has 0 radical (unpaired) electrons. The first-order valence-corrected chi connectivity index (χ1v) is 7.82. The lowest BCUT2D eigenvalue weighted by molar-refractivity contribution is -0.139. The van der Waals surface area contributed by atoms with Crippen molar-refractivity contribution in [1.29, 1.82) is 0 Å². The minimum Gasteiger partial charge on any atom is -0.495 e. The molecule has 1 atom stereocenters. The first-order valence-electron chi connectivity index (χ1n) is 7.82. The number of amides is 1. The molecule has 6 heteroatoms. The highest BCUT2D eigenvalue weighted by molar-refractivity contribution is 6.00. The summed E-state index contributed by atoms with van der Waals surface area (Å²) in [4.78, 5) is 36.9. The van der Waals surface area contributed by atoms with E-state index in [0.717, 1.165) is 0 Å². The zero-order chi connectivity index (χ0) is 17.8. The molecule has 0 N–H and O–H groups in total. The highest BCUT2D eigenvalue weighted by Crippen LogP contribution is 2.33. The SMILES string of the molecule is COc1ccccc1N1C[C@@H](C(=O)Oc2ccc(C=O)cc2)CC1=O. The van der Waals surface area contributed by atoms with Crippen molar-refractivity contribution >= 4 is 23.9 Å². The molecule has 3 rings (SSSR count). The molecule has 0 aromatic heterocycles. The topological polar surface area (TPSA) is 72.9 Å². The van der Waals surface area contributed by atoms with Crippen LogP contribution in [0.1, 0.15) is 16.8 Å². The van der Waals surface area contributed by atoms with Crippen molar-refractivity contribution in [2.75, 3.05) is 18.6 Å². The Kier molecular flexibility index (Phi) is 4.79. The second kappa shape index (κ2) is 7.17. The van der Waals surface area contributed by atoms with Gasteiger partial charge in [0.25, 0.3) is 0 Å². The summed E-state index contributed by atoms with van der Waals surface area (Å²) >= 11 is 0. The smallest absolute Gasteiger partial charge is 0.316 e. The normalized spacial score (nSPS) is 16.6. The summed E-state index contributed by atoms with van der Waals surface area (Å²) in [5.74, 6) is -0.247. The maximum Gasteiger partial charge on any atom is 0.316 e. The molecule has 0 aliphatic carbocycles. The van der Waals surface area contributed by atoms with E-state index in [4.69, 9.17) is 9.47 Å². The van der Waals surface area contributed by atoms with Crippen molar-refractivity contribution in [3.05, 3.63) is 54.1 Å². The molecule has 1 fully saturated rings. The van der Waals surface area contributed by atoms with E-state index >= 15 is 0 Å². The quantitative estimate of drug-likeness (QED) is 0.475. The van der Waals surface area contributed by atoms with Gasteiger partial charge in [-0.1, -0.05) is 12.1 Å². The molecule has 0 unspecified atom stereocenters. The second-order valence-electron chi connectivity index (χ2n) is 5.69. The molecule has 6 nitrogen and oxygen atoms in total. The lowest BCUT2D eigenvalue weighted by Gasteiger charge is -2.19. The van der Waals surface area contributed by atoms with Crippen LogP contribution in [0.15, 0.2) is 48.5 Å². The number of hydrogen-bond donors (Lipinski definition) is 0. The number of aldehydes is 1. The van der Waals surface area contributed by atoms with Gasteiger partial charge in [-0.05, 0) is 36.4 Å². The largest absolute Gasteiger partial charge is 0.495 e. The van der Waals surface area contributed by atoms with E-state index in [9.17, 15) is 14.4 Å². The molecule has 2 aromatic carbocycles. The van der Waals surface area contributed by atoms with E-state index < -0.39 is 11.9 Å². The Morgan fingerprint density at radius 2 is 1.88 bits per heavy atom. The number of benzene rings is 2. The summed E-state index contributed by atoms with van der Waals surface area (Å²) in [6, 6.07) is 13.4. The minimum absolute atomic E-state index is 0.0866. The molecule has 1 heterocycles. The van der Waals surface area contributed by atoms with Gasteiger partial charge in [-0.3, -0.25) is 14.4 Å². The molecule has 25 heavy (non-hydrogen) atoms. The van der Waals surface area contributed by atoms with Gasteiger partial charge in [-0.25, -0.2) is 0 Å². The average molecular weight is 339 g/mol. The Bertz CT molecular complexity index is 800. The van der Waals surface area contributed by atoms with Crippen LogP contribution in [0.5, 0.6) is 11.5 Å². The van der Waals surface area contributed by atoms with E-state index in [-0.39, 0.29) is 18.9 Å². The lowest BCUT2D eigenvalue weighted by atomic mass is 10.1. The van der Waals surface area contributed by atoms with Gasteiger partial charge in [0.1, 0.15) is 17.8 Å². The molecule has 0 bridgehead atoms. The van der Waals surface area contributed by atoms with E-state index in [0.29, 0.717) is 29.0 Å². The van der Waals surface area contributed by atoms with Gasteiger partial charge in [-0.2, -0.15) is 0 Å². The predicted octanol–water partition coefficient (Wildman–Crippen LogP) is 2.47. The van der Waals surface area contributed by atoms with Crippen LogP contribution in [0.25, 0.3) is 0 Å². The van der Waals surface area contributed by atoms with Gasteiger partial charge >= 0.3 is 5.97 Å². The third kappa shape index (κ3) is 3.52. The van der Waals surface area contributed by atoms with Gasteiger partial charge in [0, 0.05) is 18.5 Å².